The van der Waals surface area contributed by atoms with E-state index in [0.717, 1.165) is 65.5 Å². The molecule has 0 bridgehead atoms. The maximum absolute atomic E-state index is 9.67. The molecule has 10 heteroatoms. The van der Waals surface area contributed by atoms with Gasteiger partial charge in [-0.15, -0.1) is 24.8 Å². The number of rotatable bonds is 3. The normalized spacial score (nSPS) is 16.8. The van der Waals surface area contributed by atoms with Crippen molar-refractivity contribution in [3.8, 4) is 28.3 Å². The zero-order chi connectivity index (χ0) is 23.1. The molecule has 1 spiro atoms. The summed E-state index contributed by atoms with van der Waals surface area (Å²) in [7, 11) is 0. The minimum atomic E-state index is 0. The van der Waals surface area contributed by atoms with Gasteiger partial charge in [0.1, 0.15) is 11.9 Å². The molecule has 36 heavy (non-hydrogen) atoms. The third-order valence-corrected chi connectivity index (χ3v) is 7.64. The van der Waals surface area contributed by atoms with Crippen LogP contribution in [-0.4, -0.2) is 51.0 Å². The monoisotopic (exact) mass is 524 g/mol. The van der Waals surface area contributed by atoms with Gasteiger partial charge in [-0.2, -0.15) is 15.5 Å². The lowest BCUT2D eigenvalue weighted by molar-refractivity contribution is 0.161. The number of anilines is 1. The van der Waals surface area contributed by atoms with Crippen LogP contribution in [0.25, 0.3) is 27.8 Å². The van der Waals surface area contributed by atoms with Crippen LogP contribution in [0.2, 0.25) is 0 Å². The number of nitrogens with zero attached hydrogens (tertiary/aromatic N) is 6. The molecule has 0 aliphatic carbocycles. The van der Waals surface area contributed by atoms with E-state index in [1.165, 1.54) is 25.7 Å². The summed E-state index contributed by atoms with van der Waals surface area (Å²) in [5.74, 6) is 1.02. The second-order valence-electron chi connectivity index (χ2n) is 9.69. The van der Waals surface area contributed by atoms with Crippen LogP contribution in [0.4, 0.5) is 5.82 Å². The summed E-state index contributed by atoms with van der Waals surface area (Å²) in [6.45, 7) is 6.41. The number of piperidine rings is 2. The number of H-pyrrole nitrogens is 1. The Morgan fingerprint density at radius 1 is 1.03 bits per heavy atom. The van der Waals surface area contributed by atoms with Crippen molar-refractivity contribution < 1.29 is 0 Å². The predicted octanol–water partition coefficient (Wildman–Crippen LogP) is 4.78. The third-order valence-electron chi connectivity index (χ3n) is 7.64. The van der Waals surface area contributed by atoms with Gasteiger partial charge in [-0.25, -0.2) is 9.50 Å². The Labute approximate surface area is 222 Å². The fraction of sp³-hybridized carbons (Fsp3) is 0.385. The maximum atomic E-state index is 9.67. The average molecular weight is 525 g/mol. The highest BCUT2D eigenvalue weighted by molar-refractivity contribution is 5.88. The molecule has 0 atom stereocenters. The summed E-state index contributed by atoms with van der Waals surface area (Å²) < 4.78 is 1.78. The van der Waals surface area contributed by atoms with Crippen LogP contribution < -0.4 is 10.2 Å². The number of nitriles is 1. The first kappa shape index (κ1) is 26.0. The number of pyridine rings is 2. The highest BCUT2D eigenvalue weighted by atomic mass is 35.5. The first-order valence-electron chi connectivity index (χ1n) is 12.0. The molecular weight excluding hydrogens is 495 g/mol. The summed E-state index contributed by atoms with van der Waals surface area (Å²) in [5, 5.41) is 24.9. The van der Waals surface area contributed by atoms with E-state index in [2.05, 4.69) is 49.8 Å². The van der Waals surface area contributed by atoms with Crippen molar-refractivity contribution >= 4 is 36.1 Å². The molecule has 4 aromatic rings. The Morgan fingerprint density at radius 2 is 1.86 bits per heavy atom. The Bertz CT molecular complexity index is 1370. The number of halogens is 2. The van der Waals surface area contributed by atoms with Crippen LogP contribution in [0, 0.1) is 23.7 Å². The van der Waals surface area contributed by atoms with Crippen LogP contribution in [0.3, 0.4) is 0 Å². The average Bonchev–Trinajstić information content (AvgIpc) is 3.50. The van der Waals surface area contributed by atoms with E-state index in [4.69, 9.17) is 4.98 Å². The van der Waals surface area contributed by atoms with Crippen molar-refractivity contribution in [2.24, 2.45) is 5.41 Å². The van der Waals surface area contributed by atoms with Crippen molar-refractivity contribution in [1.29, 1.82) is 5.26 Å². The van der Waals surface area contributed by atoms with Gasteiger partial charge in [0, 0.05) is 60.0 Å². The van der Waals surface area contributed by atoms with E-state index in [9.17, 15) is 5.26 Å². The summed E-state index contributed by atoms with van der Waals surface area (Å²) in [6.07, 6.45) is 12.4. The third kappa shape index (κ3) is 4.55. The Kier molecular flexibility index (Phi) is 7.55. The number of aromatic amines is 1. The minimum Gasteiger partial charge on any atom is -0.357 e. The maximum Gasteiger partial charge on any atom is 0.128 e. The topological polar surface area (TPSA) is 97.9 Å². The second kappa shape index (κ2) is 10.5. The van der Waals surface area contributed by atoms with Crippen LogP contribution in [0.15, 0.2) is 43.0 Å². The number of hydrogen-bond acceptors (Lipinski definition) is 6. The molecule has 6 heterocycles. The molecule has 8 nitrogen and oxygen atoms in total. The van der Waals surface area contributed by atoms with Gasteiger partial charge >= 0.3 is 0 Å². The van der Waals surface area contributed by atoms with E-state index in [1.807, 2.05) is 25.5 Å². The van der Waals surface area contributed by atoms with Crippen LogP contribution in [-0.2, 0) is 0 Å². The molecule has 2 saturated heterocycles. The summed E-state index contributed by atoms with van der Waals surface area (Å²) in [5.41, 5.74) is 6.73. The van der Waals surface area contributed by atoms with E-state index in [1.54, 1.807) is 10.7 Å². The summed E-state index contributed by atoms with van der Waals surface area (Å²) in [6, 6.07) is 8.61. The van der Waals surface area contributed by atoms with Crippen LogP contribution in [0.1, 0.15) is 36.9 Å². The van der Waals surface area contributed by atoms with Crippen molar-refractivity contribution in [3.63, 3.8) is 0 Å². The van der Waals surface area contributed by atoms with Crippen molar-refractivity contribution in [2.45, 2.75) is 32.6 Å². The minimum absolute atomic E-state index is 0. The lowest BCUT2D eigenvalue weighted by Crippen LogP contribution is -2.48. The molecule has 2 fully saturated rings. The van der Waals surface area contributed by atoms with E-state index < -0.39 is 0 Å². The molecule has 0 unspecified atom stereocenters. The van der Waals surface area contributed by atoms with Crippen molar-refractivity contribution in [2.75, 3.05) is 31.1 Å². The molecule has 2 N–H and O–H groups in total. The first-order chi connectivity index (χ1) is 16.7. The molecule has 2 aliphatic heterocycles. The van der Waals surface area contributed by atoms with Gasteiger partial charge in [0.15, 0.2) is 0 Å². The SMILES string of the molecule is Cc1[nH]ncc1-c1cc(-c2ccc(N3CCC4(CCCNC4)CC3)nc2)c2c(C#N)cnn2c1.Cl.Cl. The van der Waals surface area contributed by atoms with Gasteiger partial charge in [-0.1, -0.05) is 0 Å². The second-order valence-corrected chi connectivity index (χ2v) is 9.69. The zero-order valence-electron chi connectivity index (χ0n) is 20.2. The quantitative estimate of drug-likeness (QED) is 0.400. The highest BCUT2D eigenvalue weighted by Gasteiger charge is 2.35. The molecule has 0 amide bonds. The van der Waals surface area contributed by atoms with Gasteiger partial charge in [0.2, 0.25) is 0 Å². The summed E-state index contributed by atoms with van der Waals surface area (Å²) in [4.78, 5) is 7.25. The highest BCUT2D eigenvalue weighted by Crippen LogP contribution is 2.39. The molecule has 6 rings (SSSR count). The zero-order valence-corrected chi connectivity index (χ0v) is 21.8. The molecule has 188 valence electrons. The number of aromatic nitrogens is 5. The Balaban J connectivity index is 0.00000152. The van der Waals surface area contributed by atoms with Gasteiger partial charge in [-0.05, 0) is 62.8 Å². The van der Waals surface area contributed by atoms with E-state index >= 15 is 0 Å². The van der Waals surface area contributed by atoms with Crippen molar-refractivity contribution in [1.82, 2.24) is 30.1 Å². The van der Waals surface area contributed by atoms with E-state index in [-0.39, 0.29) is 24.8 Å². The van der Waals surface area contributed by atoms with Gasteiger partial charge in [0.05, 0.1) is 23.5 Å². The molecule has 2 aliphatic rings. The van der Waals surface area contributed by atoms with Gasteiger partial charge < -0.3 is 10.2 Å². The van der Waals surface area contributed by atoms with Gasteiger partial charge in [0.25, 0.3) is 0 Å². The fourth-order valence-electron chi connectivity index (χ4n) is 5.61. The molecule has 0 aromatic carbocycles. The molecule has 0 saturated carbocycles. The lowest BCUT2D eigenvalue weighted by Gasteiger charge is -2.44. The molecular formula is C26H30Cl2N8. The Hall–Kier alpha value is -3.12. The molecule has 4 aromatic heterocycles. The number of hydrogen-bond donors (Lipinski definition) is 2. The summed E-state index contributed by atoms with van der Waals surface area (Å²) >= 11 is 0. The predicted molar refractivity (Wildman–Crippen MR) is 146 cm³/mol. The van der Waals surface area contributed by atoms with Crippen molar-refractivity contribution in [3.05, 3.63) is 54.2 Å². The number of nitrogens with one attached hydrogen (secondary N) is 2. The smallest absolute Gasteiger partial charge is 0.128 e. The van der Waals surface area contributed by atoms with Crippen LogP contribution >= 0.6 is 24.8 Å². The number of fused-ring (bicyclic) bond motifs is 1. The fourth-order valence-corrected chi connectivity index (χ4v) is 5.61. The Morgan fingerprint density at radius 3 is 2.50 bits per heavy atom. The largest absolute Gasteiger partial charge is 0.357 e. The first-order valence-corrected chi connectivity index (χ1v) is 12.0. The van der Waals surface area contributed by atoms with Gasteiger partial charge in [-0.3, -0.25) is 5.10 Å². The molecule has 0 radical (unpaired) electrons. The van der Waals surface area contributed by atoms with E-state index in [0.29, 0.717) is 11.0 Å². The standard InChI is InChI=1S/C26H28N8.2ClH/c1-18-23(15-30-32-18)20-11-22(25-21(12-27)14-31-34(25)16-20)19-3-4-24(29-13-19)33-9-6-26(7-10-33)5-2-8-28-17-26;;/h3-4,11,13-16,28H,2,5-10,17H2,1H3,(H,30,32);2*1H. The lowest BCUT2D eigenvalue weighted by atomic mass is 9.73. The number of aryl methyl sites for hydroxylation is 1. The van der Waals surface area contributed by atoms with Crippen LogP contribution in [0.5, 0.6) is 0 Å².